The molecule has 19 aromatic rings. The van der Waals surface area contributed by atoms with Crippen LogP contribution in [0.25, 0.3) is 200 Å². The second-order valence-electron chi connectivity index (χ2n) is 29.5. The number of aromatic hydroxyl groups is 2. The fraction of sp³-hybridized carbons (Fsp3) is 0. The molecule has 0 aliphatic rings. The Bertz CT molecular complexity index is 6580. The van der Waals surface area contributed by atoms with Crippen LogP contribution in [-0.4, -0.2) is 10.2 Å². The molecule has 0 bridgehead atoms. The highest BCUT2D eigenvalue weighted by atomic mass is 16.3. The SMILES string of the molecule is Oc1ccc(-c2c(-c3ccccc3)c(-c3ccc(-c4ccc(-c5ccccc5)cc4)cc3)c(-c3ccccc3)c(-c3ccccc3)c2-c2ccc(-c3ccc(-c4c(-c5ccccc5)cc(-c5c(-c6ccccc6)c(-c6ccccc6)c(-c6ccccc6)c(-c6ccc(O)cc6)c5-c5ccccc5)cc4-c4ccccc4)cc3)cc2)cc1. The van der Waals surface area contributed by atoms with Crippen LogP contribution in [0.15, 0.2) is 461 Å². The molecule has 2 N–H and O–H groups in total. The average molecular weight is 1480 g/mol. The summed E-state index contributed by atoms with van der Waals surface area (Å²) in [4.78, 5) is 0. The molecule has 0 saturated heterocycles. The summed E-state index contributed by atoms with van der Waals surface area (Å²) in [7, 11) is 0. The maximum Gasteiger partial charge on any atom is 0.115 e. The van der Waals surface area contributed by atoms with Crippen molar-refractivity contribution in [3.05, 3.63) is 461 Å². The van der Waals surface area contributed by atoms with Crippen LogP contribution < -0.4 is 0 Å². The number of phenolic OH excluding ortho intramolecular Hbond substituents is 2. The summed E-state index contributed by atoms with van der Waals surface area (Å²) < 4.78 is 0. The average Bonchev–Trinajstić information content (AvgIpc) is 0.717. The Morgan fingerprint density at radius 2 is 0.216 bits per heavy atom. The molecule has 2 nitrogen and oxygen atoms in total. The summed E-state index contributed by atoms with van der Waals surface area (Å²) >= 11 is 0. The van der Waals surface area contributed by atoms with Gasteiger partial charge >= 0.3 is 0 Å². The maximum atomic E-state index is 11.1. The van der Waals surface area contributed by atoms with Crippen LogP contribution in [0.1, 0.15) is 0 Å². The smallest absolute Gasteiger partial charge is 0.115 e. The van der Waals surface area contributed by atoms with Crippen molar-refractivity contribution < 1.29 is 10.2 Å². The van der Waals surface area contributed by atoms with E-state index in [4.69, 9.17) is 0 Å². The van der Waals surface area contributed by atoms with Crippen LogP contribution in [-0.2, 0) is 0 Å². The standard InChI is InChI=1S/C114H78O2/c115-98-71-67-95(68-72-98)112-104(86-39-19-5-20-40-86)103(85-37-17-4-18-38-85)108(90-47-27-9-28-48-90)114(109(112)91-49-29-10-30-50-91)97-75-100(83-33-13-2-14-34-83)102(101(76-97)84-35-15-3-16-36-84)92-61-55-80(56-62-92)82-59-65-94(66-60-82)111-106(88-43-23-7-24-44-88)105(87-41-21-6-22-42-87)110(107(89-45-25-8-26-46-89)113(111)96-69-73-99(116)74-70-96)93-63-57-81(58-64-93)79-53-51-78(52-54-79)77-31-11-1-12-32-77/h1-76,115-116H. The van der Waals surface area contributed by atoms with E-state index in [1.54, 1.807) is 0 Å². The largest absolute Gasteiger partial charge is 0.508 e. The monoisotopic (exact) mass is 1480 g/mol. The molecule has 116 heavy (non-hydrogen) atoms. The van der Waals surface area contributed by atoms with Crippen molar-refractivity contribution in [2.45, 2.75) is 0 Å². The fourth-order valence-corrected chi connectivity index (χ4v) is 17.2. The van der Waals surface area contributed by atoms with Crippen LogP contribution >= 0.6 is 0 Å². The topological polar surface area (TPSA) is 40.5 Å². The quantitative estimate of drug-likeness (QED) is 0.0899. The second kappa shape index (κ2) is 31.9. The summed E-state index contributed by atoms with van der Waals surface area (Å²) in [5.41, 5.74) is 39.2. The molecule has 0 heterocycles. The molecule has 0 saturated carbocycles. The van der Waals surface area contributed by atoms with E-state index in [0.29, 0.717) is 0 Å². The van der Waals surface area contributed by atoms with E-state index in [9.17, 15) is 10.2 Å². The lowest BCUT2D eigenvalue weighted by Gasteiger charge is -2.29. The van der Waals surface area contributed by atoms with Crippen LogP contribution in [0.5, 0.6) is 11.5 Å². The van der Waals surface area contributed by atoms with Crippen LogP contribution in [0.3, 0.4) is 0 Å². The zero-order chi connectivity index (χ0) is 77.7. The van der Waals surface area contributed by atoms with Crippen molar-refractivity contribution in [3.8, 4) is 212 Å². The van der Waals surface area contributed by atoms with E-state index in [1.165, 1.54) is 11.1 Å². The maximum absolute atomic E-state index is 11.1. The third-order valence-electron chi connectivity index (χ3n) is 22.5. The number of hydrogen-bond donors (Lipinski definition) is 2. The first-order valence-electron chi connectivity index (χ1n) is 39.6. The van der Waals surface area contributed by atoms with Gasteiger partial charge in [0, 0.05) is 0 Å². The summed E-state index contributed by atoms with van der Waals surface area (Å²) in [6.45, 7) is 0. The molecule has 0 atom stereocenters. The minimum atomic E-state index is 0.201. The van der Waals surface area contributed by atoms with Crippen molar-refractivity contribution in [3.63, 3.8) is 0 Å². The number of benzene rings is 19. The zero-order valence-electron chi connectivity index (χ0n) is 63.8. The van der Waals surface area contributed by atoms with Crippen molar-refractivity contribution in [2.75, 3.05) is 0 Å². The second-order valence-corrected chi connectivity index (χ2v) is 29.5. The Kier molecular flexibility index (Phi) is 19.5. The van der Waals surface area contributed by atoms with Crippen molar-refractivity contribution in [1.82, 2.24) is 0 Å². The number of phenols is 2. The van der Waals surface area contributed by atoms with Crippen LogP contribution in [0, 0.1) is 0 Å². The Labute approximate surface area is 678 Å². The lowest BCUT2D eigenvalue weighted by molar-refractivity contribution is 0.475. The predicted molar refractivity (Wildman–Crippen MR) is 488 cm³/mol. The molecule has 19 rings (SSSR count). The third kappa shape index (κ3) is 13.9. The van der Waals surface area contributed by atoms with Crippen LogP contribution in [0.4, 0.5) is 0 Å². The Balaban J connectivity index is 0.813. The number of hydrogen-bond acceptors (Lipinski definition) is 2. The molecule has 546 valence electrons. The van der Waals surface area contributed by atoms with Gasteiger partial charge < -0.3 is 10.2 Å². The molecule has 0 spiro atoms. The lowest BCUT2D eigenvalue weighted by Crippen LogP contribution is -2.03. The van der Waals surface area contributed by atoms with Gasteiger partial charge in [0.2, 0.25) is 0 Å². The summed E-state index contributed by atoms with van der Waals surface area (Å²) in [5.74, 6) is 0.405. The van der Waals surface area contributed by atoms with Crippen molar-refractivity contribution in [2.24, 2.45) is 0 Å². The highest BCUT2D eigenvalue weighted by molar-refractivity contribution is 6.18. The predicted octanol–water partition coefficient (Wildman–Crippen LogP) is 31.1. The molecule has 19 aromatic carbocycles. The Morgan fingerprint density at radius 3 is 0.405 bits per heavy atom. The van der Waals surface area contributed by atoms with Crippen molar-refractivity contribution >= 4 is 0 Å². The van der Waals surface area contributed by atoms with Gasteiger partial charge in [-0.1, -0.05) is 425 Å². The Hall–Kier alpha value is -15.2. The first kappa shape index (κ1) is 71.1. The van der Waals surface area contributed by atoms with Gasteiger partial charge in [-0.3, -0.25) is 0 Å². The van der Waals surface area contributed by atoms with E-state index >= 15 is 0 Å². The van der Waals surface area contributed by atoms with Gasteiger partial charge in [0.25, 0.3) is 0 Å². The Morgan fingerprint density at radius 1 is 0.0948 bits per heavy atom. The highest BCUT2D eigenvalue weighted by Gasteiger charge is 2.33. The van der Waals surface area contributed by atoms with E-state index in [0.717, 1.165) is 189 Å². The molecule has 2 heteroatoms. The molecule has 0 aromatic heterocycles. The van der Waals surface area contributed by atoms with Gasteiger partial charge in [-0.15, -0.1) is 0 Å². The molecule has 0 fully saturated rings. The third-order valence-corrected chi connectivity index (χ3v) is 22.5. The van der Waals surface area contributed by atoms with Crippen LogP contribution in [0.2, 0.25) is 0 Å². The summed E-state index contributed by atoms with van der Waals surface area (Å²) in [6.07, 6.45) is 0. The van der Waals surface area contributed by atoms with E-state index in [2.05, 4.69) is 437 Å². The normalized spacial score (nSPS) is 11.2. The molecule has 0 aliphatic heterocycles. The van der Waals surface area contributed by atoms with Gasteiger partial charge in [0.15, 0.2) is 0 Å². The highest BCUT2D eigenvalue weighted by Crippen LogP contribution is 2.60. The minimum Gasteiger partial charge on any atom is -0.508 e. The van der Waals surface area contributed by atoms with Gasteiger partial charge in [0.05, 0.1) is 0 Å². The molecule has 0 unspecified atom stereocenters. The molecular weight excluding hydrogens is 1400 g/mol. The van der Waals surface area contributed by atoms with E-state index in [-0.39, 0.29) is 11.5 Å². The minimum absolute atomic E-state index is 0.201. The first-order chi connectivity index (χ1) is 57.4. The molecule has 0 aliphatic carbocycles. The van der Waals surface area contributed by atoms with Gasteiger partial charge in [-0.2, -0.15) is 0 Å². The summed E-state index contributed by atoms with van der Waals surface area (Å²) in [5, 5.41) is 22.2. The van der Waals surface area contributed by atoms with Crippen molar-refractivity contribution in [1.29, 1.82) is 0 Å². The molecule has 0 amide bonds. The summed E-state index contributed by atoms with van der Waals surface area (Å²) in [6, 6.07) is 165. The molecular formula is C114H78O2. The molecule has 0 radical (unpaired) electrons. The van der Waals surface area contributed by atoms with Gasteiger partial charge in [0.1, 0.15) is 11.5 Å². The first-order valence-corrected chi connectivity index (χ1v) is 39.6. The van der Waals surface area contributed by atoms with Gasteiger partial charge in [-0.05, 0) is 237 Å². The zero-order valence-corrected chi connectivity index (χ0v) is 63.8. The van der Waals surface area contributed by atoms with E-state index < -0.39 is 0 Å². The van der Waals surface area contributed by atoms with Gasteiger partial charge in [-0.25, -0.2) is 0 Å². The van der Waals surface area contributed by atoms with E-state index in [1.807, 2.05) is 24.3 Å². The lowest BCUT2D eigenvalue weighted by atomic mass is 9.73. The number of rotatable bonds is 18. The fourth-order valence-electron chi connectivity index (χ4n) is 17.2.